The molecule has 0 aliphatic carbocycles. The van der Waals surface area contributed by atoms with Crippen LogP contribution >= 0.6 is 11.6 Å². The van der Waals surface area contributed by atoms with Gasteiger partial charge < -0.3 is 15.6 Å². The van der Waals surface area contributed by atoms with E-state index < -0.39 is 0 Å². The minimum Gasteiger partial charge on any atom is -0.390 e. The molecule has 3 heterocycles. The van der Waals surface area contributed by atoms with Crippen LogP contribution in [0.5, 0.6) is 0 Å². The molecule has 1 saturated heterocycles. The van der Waals surface area contributed by atoms with E-state index in [0.717, 1.165) is 43.7 Å². The Bertz CT molecular complexity index is 868. The second-order valence-corrected chi connectivity index (χ2v) is 6.95. The highest BCUT2D eigenvalue weighted by atomic mass is 35.5. The number of pyridine rings is 2. The average Bonchev–Trinajstić information content (AvgIpc) is 2.65. The summed E-state index contributed by atoms with van der Waals surface area (Å²) in [4.78, 5) is 24.5. The molecule has 1 aliphatic heterocycles. The number of fused-ring (bicyclic) bond motifs is 1. The number of nitrogens with zero attached hydrogens (tertiary/aromatic N) is 4. The first-order valence-electron chi connectivity index (χ1n) is 8.90. The third-order valence-electron chi connectivity index (χ3n) is 4.51. The Morgan fingerprint density at radius 1 is 1.37 bits per heavy atom. The van der Waals surface area contributed by atoms with E-state index in [1.807, 2.05) is 29.0 Å². The zero-order valence-electron chi connectivity index (χ0n) is 15.3. The second-order valence-electron chi connectivity index (χ2n) is 6.57. The number of hydrogen-bond donors (Lipinski definition) is 2. The molecule has 1 aliphatic rings. The number of rotatable bonds is 7. The summed E-state index contributed by atoms with van der Waals surface area (Å²) in [5, 5.41) is 11.3. The average molecular weight is 387 g/mol. The maximum absolute atomic E-state index is 11.9. The van der Waals surface area contributed by atoms with Crippen LogP contribution in [-0.4, -0.2) is 71.7 Å². The maximum atomic E-state index is 11.9. The smallest absolute Gasteiger partial charge is 0.236 e. The molecule has 0 saturated carbocycles. The quantitative estimate of drug-likeness (QED) is 0.432. The van der Waals surface area contributed by atoms with E-state index in [2.05, 4.69) is 15.3 Å². The van der Waals surface area contributed by atoms with E-state index in [1.54, 1.807) is 18.5 Å². The van der Waals surface area contributed by atoms with Crippen LogP contribution in [0, 0.1) is 5.41 Å². The van der Waals surface area contributed by atoms with E-state index >= 15 is 0 Å². The lowest BCUT2D eigenvalue weighted by molar-refractivity contribution is -0.135. The van der Waals surface area contributed by atoms with Crippen LogP contribution in [0.15, 0.2) is 30.6 Å². The lowest BCUT2D eigenvalue weighted by Crippen LogP contribution is -2.49. The third kappa shape index (κ3) is 5.02. The molecule has 2 aromatic heterocycles. The summed E-state index contributed by atoms with van der Waals surface area (Å²) in [6, 6.07) is 5.40. The van der Waals surface area contributed by atoms with Crippen molar-refractivity contribution < 1.29 is 4.79 Å². The number of nitrogens with one attached hydrogen (secondary N) is 2. The van der Waals surface area contributed by atoms with E-state index in [0.29, 0.717) is 22.8 Å². The number of allylic oxidation sites excluding steroid dienone is 1. The Morgan fingerprint density at radius 3 is 3.00 bits per heavy atom. The van der Waals surface area contributed by atoms with E-state index in [1.165, 1.54) is 6.21 Å². The van der Waals surface area contributed by atoms with Crippen LogP contribution in [0.4, 0.5) is 0 Å². The zero-order chi connectivity index (χ0) is 19.2. The molecule has 2 aromatic rings. The SMILES string of the molecule is CN1CCN(CCCN/C=C(\C=N)c2cnc3ccc(Cl)nc3c2)C(=O)C1. The summed E-state index contributed by atoms with van der Waals surface area (Å²) < 4.78 is 0. The van der Waals surface area contributed by atoms with Crippen molar-refractivity contribution in [3.05, 3.63) is 41.3 Å². The summed E-state index contributed by atoms with van der Waals surface area (Å²) in [5.41, 5.74) is 2.97. The molecule has 0 spiro atoms. The van der Waals surface area contributed by atoms with Gasteiger partial charge in [-0.1, -0.05) is 11.6 Å². The van der Waals surface area contributed by atoms with Gasteiger partial charge in [0.15, 0.2) is 0 Å². The number of likely N-dealkylation sites (N-methyl/N-ethyl adjacent to an activating group) is 1. The molecule has 0 unspecified atom stereocenters. The zero-order valence-corrected chi connectivity index (χ0v) is 16.0. The number of aromatic nitrogens is 2. The Hall–Kier alpha value is -2.51. The molecule has 3 rings (SSSR count). The summed E-state index contributed by atoms with van der Waals surface area (Å²) in [5.74, 6) is 0.188. The molecule has 8 heteroatoms. The Balaban J connectivity index is 1.55. The Morgan fingerprint density at radius 2 is 2.22 bits per heavy atom. The molecule has 0 bridgehead atoms. The fraction of sp³-hybridized carbons (Fsp3) is 0.368. The van der Waals surface area contributed by atoms with Gasteiger partial charge in [0, 0.05) is 55.9 Å². The third-order valence-corrected chi connectivity index (χ3v) is 4.72. The van der Waals surface area contributed by atoms with E-state index in [9.17, 15) is 4.79 Å². The first-order valence-corrected chi connectivity index (χ1v) is 9.27. The van der Waals surface area contributed by atoms with Crippen molar-refractivity contribution >= 4 is 40.3 Å². The number of hydrogen-bond acceptors (Lipinski definition) is 6. The highest BCUT2D eigenvalue weighted by Gasteiger charge is 2.20. The highest BCUT2D eigenvalue weighted by molar-refractivity contribution is 6.29. The summed E-state index contributed by atoms with van der Waals surface area (Å²) in [6.45, 7) is 3.67. The lowest BCUT2D eigenvalue weighted by atomic mass is 10.1. The van der Waals surface area contributed by atoms with Crippen LogP contribution in [0.25, 0.3) is 16.6 Å². The van der Waals surface area contributed by atoms with Crippen LogP contribution < -0.4 is 5.32 Å². The molecule has 142 valence electrons. The summed E-state index contributed by atoms with van der Waals surface area (Å²) >= 11 is 5.94. The molecule has 0 aromatic carbocycles. The van der Waals surface area contributed by atoms with Gasteiger partial charge in [0.25, 0.3) is 0 Å². The van der Waals surface area contributed by atoms with Crippen molar-refractivity contribution in [2.75, 3.05) is 39.8 Å². The minimum atomic E-state index is 0.188. The second kappa shape index (κ2) is 8.92. The fourth-order valence-electron chi connectivity index (χ4n) is 2.96. The number of carbonyl (C=O) groups is 1. The normalized spacial score (nSPS) is 16.0. The van der Waals surface area contributed by atoms with Crippen LogP contribution in [0.2, 0.25) is 5.15 Å². The van der Waals surface area contributed by atoms with Gasteiger partial charge in [-0.2, -0.15) is 0 Å². The molecule has 7 nitrogen and oxygen atoms in total. The number of piperazine rings is 1. The molecule has 27 heavy (non-hydrogen) atoms. The summed E-state index contributed by atoms with van der Waals surface area (Å²) in [7, 11) is 1.96. The molecular weight excluding hydrogens is 364 g/mol. The van der Waals surface area contributed by atoms with Crippen molar-refractivity contribution in [2.24, 2.45) is 0 Å². The molecule has 0 atom stereocenters. The first kappa shape index (κ1) is 19.3. The van der Waals surface area contributed by atoms with Crippen molar-refractivity contribution in [3.8, 4) is 0 Å². The van der Waals surface area contributed by atoms with Gasteiger partial charge in [-0.15, -0.1) is 0 Å². The van der Waals surface area contributed by atoms with Crippen molar-refractivity contribution in [1.29, 1.82) is 5.41 Å². The first-order chi connectivity index (χ1) is 13.1. The minimum absolute atomic E-state index is 0.188. The molecule has 1 amide bonds. The topological polar surface area (TPSA) is 85.2 Å². The lowest BCUT2D eigenvalue weighted by Gasteiger charge is -2.32. The van der Waals surface area contributed by atoms with Gasteiger partial charge in [0.2, 0.25) is 5.91 Å². The van der Waals surface area contributed by atoms with Crippen molar-refractivity contribution in [1.82, 2.24) is 25.1 Å². The largest absolute Gasteiger partial charge is 0.390 e. The maximum Gasteiger partial charge on any atom is 0.236 e. The highest BCUT2D eigenvalue weighted by Crippen LogP contribution is 2.18. The monoisotopic (exact) mass is 386 g/mol. The Labute approximate surface area is 163 Å². The summed E-state index contributed by atoms with van der Waals surface area (Å²) in [6.07, 6.45) is 5.65. The van der Waals surface area contributed by atoms with Gasteiger partial charge >= 0.3 is 0 Å². The van der Waals surface area contributed by atoms with Gasteiger partial charge in [0.1, 0.15) is 5.15 Å². The molecule has 2 N–H and O–H groups in total. The number of halogens is 1. The van der Waals surface area contributed by atoms with Crippen LogP contribution in [-0.2, 0) is 4.79 Å². The number of amides is 1. The van der Waals surface area contributed by atoms with Gasteiger partial charge in [-0.3, -0.25) is 14.7 Å². The predicted molar refractivity (Wildman–Crippen MR) is 108 cm³/mol. The standard InChI is InChI=1S/C19H23ClN6O/c1-25-7-8-26(19(27)13-25)6-2-5-22-11-15(10-21)14-9-17-16(23-12-14)3-4-18(20)24-17/h3-4,9-12,21-22H,2,5-8,13H2,1H3/b15-11+,21-10?. The van der Waals surface area contributed by atoms with Crippen LogP contribution in [0.3, 0.4) is 0 Å². The molecular formula is C19H23ClN6O. The van der Waals surface area contributed by atoms with Crippen LogP contribution in [0.1, 0.15) is 12.0 Å². The van der Waals surface area contributed by atoms with Gasteiger partial charge in [0.05, 0.1) is 17.6 Å². The fourth-order valence-corrected chi connectivity index (χ4v) is 3.12. The predicted octanol–water partition coefficient (Wildman–Crippen LogP) is 2.03. The van der Waals surface area contributed by atoms with E-state index in [4.69, 9.17) is 17.0 Å². The van der Waals surface area contributed by atoms with Crippen molar-refractivity contribution in [2.45, 2.75) is 6.42 Å². The van der Waals surface area contributed by atoms with Gasteiger partial charge in [-0.05, 0) is 31.7 Å². The molecule has 1 fully saturated rings. The van der Waals surface area contributed by atoms with E-state index in [-0.39, 0.29) is 5.91 Å². The molecule has 0 radical (unpaired) electrons. The Kier molecular flexibility index (Phi) is 6.36. The van der Waals surface area contributed by atoms with Crippen molar-refractivity contribution in [3.63, 3.8) is 0 Å². The number of carbonyl (C=O) groups excluding carboxylic acids is 1. The van der Waals surface area contributed by atoms with Gasteiger partial charge in [-0.25, -0.2) is 4.98 Å².